The lowest BCUT2D eigenvalue weighted by Gasteiger charge is -2.22. The van der Waals surface area contributed by atoms with Crippen LogP contribution >= 0.6 is 0 Å². The normalized spacial score (nSPS) is 13.1. The number of rotatable bonds is 8. The molecule has 0 heterocycles. The summed E-state index contributed by atoms with van der Waals surface area (Å²) in [6, 6.07) is 29.3. The molecule has 0 aliphatic carbocycles. The molecule has 0 aliphatic heterocycles. The number of Topliss-reactive ketones (excluding diaryl/α,β-unsaturated/α-hetero) is 1. The number of hydrogen-bond donors (Lipinski definition) is 1. The Balaban J connectivity index is 1.76. The van der Waals surface area contributed by atoms with Gasteiger partial charge in [-0.2, -0.15) is 0 Å². The highest BCUT2D eigenvalue weighted by Crippen LogP contribution is 2.21. The average Bonchev–Trinajstić information content (AvgIpc) is 2.72. The van der Waals surface area contributed by atoms with Crippen molar-refractivity contribution >= 4 is 5.78 Å². The van der Waals surface area contributed by atoms with Gasteiger partial charge in [-0.05, 0) is 30.4 Å². The topological polar surface area (TPSA) is 37.3 Å². The highest BCUT2D eigenvalue weighted by Gasteiger charge is 2.27. The summed E-state index contributed by atoms with van der Waals surface area (Å²) in [6.45, 7) is 0. The van der Waals surface area contributed by atoms with Crippen LogP contribution in [-0.2, 0) is 12.8 Å². The molecule has 0 unspecified atom stereocenters. The van der Waals surface area contributed by atoms with Gasteiger partial charge in [-0.3, -0.25) is 4.79 Å². The highest BCUT2D eigenvalue weighted by atomic mass is 16.3. The first kappa shape index (κ1) is 18.1. The van der Waals surface area contributed by atoms with Crippen molar-refractivity contribution in [3.05, 3.63) is 108 Å². The van der Waals surface area contributed by atoms with E-state index >= 15 is 0 Å². The van der Waals surface area contributed by atoms with Crippen molar-refractivity contribution in [2.24, 2.45) is 5.92 Å². The first-order valence-electron chi connectivity index (χ1n) is 9.09. The van der Waals surface area contributed by atoms with E-state index < -0.39 is 12.0 Å². The zero-order valence-corrected chi connectivity index (χ0v) is 14.8. The standard InChI is InChI=1S/C24H24O2/c25-23(17-16-19-10-4-1-5-11-19)22(18-20-12-6-2-7-13-20)24(26)21-14-8-3-9-15-21/h1-15,22-23,25H,16-18H2/t22-,23+/m1/s1. The smallest absolute Gasteiger partial charge is 0.168 e. The van der Waals surface area contributed by atoms with Crippen LogP contribution in [0.1, 0.15) is 27.9 Å². The van der Waals surface area contributed by atoms with E-state index in [1.807, 2.05) is 78.9 Å². The van der Waals surface area contributed by atoms with Crippen molar-refractivity contribution in [2.45, 2.75) is 25.4 Å². The van der Waals surface area contributed by atoms with Crippen LogP contribution in [0.5, 0.6) is 0 Å². The van der Waals surface area contributed by atoms with Crippen LogP contribution in [0.3, 0.4) is 0 Å². The molecule has 0 radical (unpaired) electrons. The number of aryl methyl sites for hydroxylation is 1. The predicted molar refractivity (Wildman–Crippen MR) is 105 cm³/mol. The van der Waals surface area contributed by atoms with Crippen molar-refractivity contribution in [1.29, 1.82) is 0 Å². The van der Waals surface area contributed by atoms with E-state index in [0.717, 1.165) is 12.0 Å². The Bertz CT molecular complexity index is 797. The van der Waals surface area contributed by atoms with Gasteiger partial charge in [-0.15, -0.1) is 0 Å². The SMILES string of the molecule is O=C(c1ccccc1)[C@H](Cc1ccccc1)[C@@H](O)CCc1ccccc1. The van der Waals surface area contributed by atoms with Crippen LogP contribution in [0.15, 0.2) is 91.0 Å². The van der Waals surface area contributed by atoms with Gasteiger partial charge in [0.25, 0.3) is 0 Å². The molecule has 0 saturated heterocycles. The third kappa shape index (κ3) is 4.90. The van der Waals surface area contributed by atoms with Gasteiger partial charge in [0, 0.05) is 5.56 Å². The molecule has 2 atom stereocenters. The molecule has 1 N–H and O–H groups in total. The molecule has 3 aromatic rings. The molecule has 3 aromatic carbocycles. The molecule has 0 aromatic heterocycles. The highest BCUT2D eigenvalue weighted by molar-refractivity contribution is 5.98. The Morgan fingerprint density at radius 3 is 1.81 bits per heavy atom. The maximum Gasteiger partial charge on any atom is 0.168 e. The molecular formula is C24H24O2. The van der Waals surface area contributed by atoms with E-state index in [-0.39, 0.29) is 5.78 Å². The van der Waals surface area contributed by atoms with Crippen LogP contribution in [0.25, 0.3) is 0 Å². The van der Waals surface area contributed by atoms with Crippen LogP contribution < -0.4 is 0 Å². The Hall–Kier alpha value is -2.71. The van der Waals surface area contributed by atoms with Gasteiger partial charge in [0.2, 0.25) is 0 Å². The van der Waals surface area contributed by atoms with Gasteiger partial charge in [0.15, 0.2) is 5.78 Å². The third-order valence-corrected chi connectivity index (χ3v) is 4.73. The molecule has 2 nitrogen and oxygen atoms in total. The average molecular weight is 344 g/mol. The molecule has 3 rings (SSSR count). The van der Waals surface area contributed by atoms with Gasteiger partial charge in [-0.1, -0.05) is 91.0 Å². The zero-order chi connectivity index (χ0) is 18.2. The zero-order valence-electron chi connectivity index (χ0n) is 14.8. The van der Waals surface area contributed by atoms with Gasteiger partial charge in [0.05, 0.1) is 12.0 Å². The Kier molecular flexibility index (Phi) is 6.34. The minimum Gasteiger partial charge on any atom is -0.392 e. The summed E-state index contributed by atoms with van der Waals surface area (Å²) in [4.78, 5) is 13.0. The summed E-state index contributed by atoms with van der Waals surface area (Å²) < 4.78 is 0. The number of aliphatic hydroxyl groups excluding tert-OH is 1. The van der Waals surface area contributed by atoms with E-state index in [2.05, 4.69) is 12.1 Å². The lowest BCUT2D eigenvalue weighted by Crippen LogP contribution is -2.31. The number of carbonyl (C=O) groups excluding carboxylic acids is 1. The van der Waals surface area contributed by atoms with Crippen molar-refractivity contribution in [1.82, 2.24) is 0 Å². The monoisotopic (exact) mass is 344 g/mol. The first-order valence-corrected chi connectivity index (χ1v) is 9.09. The quantitative estimate of drug-likeness (QED) is 0.600. The summed E-state index contributed by atoms with van der Waals surface area (Å²) in [6.07, 6.45) is 1.20. The van der Waals surface area contributed by atoms with Gasteiger partial charge in [-0.25, -0.2) is 0 Å². The lowest BCUT2D eigenvalue weighted by atomic mass is 9.84. The molecule has 0 aliphatic rings. The van der Waals surface area contributed by atoms with E-state index in [1.165, 1.54) is 5.56 Å². The molecule has 26 heavy (non-hydrogen) atoms. The summed E-state index contributed by atoms with van der Waals surface area (Å²) in [5.41, 5.74) is 2.91. The minimum absolute atomic E-state index is 0.00927. The second-order valence-corrected chi connectivity index (χ2v) is 6.62. The molecule has 0 saturated carbocycles. The summed E-state index contributed by atoms with van der Waals surface area (Å²) >= 11 is 0. The molecular weight excluding hydrogens is 320 g/mol. The fraction of sp³-hybridized carbons (Fsp3) is 0.208. The van der Waals surface area contributed by atoms with Crippen LogP contribution in [0.4, 0.5) is 0 Å². The summed E-state index contributed by atoms with van der Waals surface area (Å²) in [7, 11) is 0. The minimum atomic E-state index is -0.678. The Morgan fingerprint density at radius 2 is 1.23 bits per heavy atom. The van der Waals surface area contributed by atoms with Crippen molar-refractivity contribution < 1.29 is 9.90 Å². The first-order chi connectivity index (χ1) is 12.7. The number of carbonyl (C=O) groups is 1. The maximum atomic E-state index is 13.0. The van der Waals surface area contributed by atoms with Gasteiger partial charge >= 0.3 is 0 Å². The van der Waals surface area contributed by atoms with Crippen LogP contribution in [-0.4, -0.2) is 17.0 Å². The third-order valence-electron chi connectivity index (χ3n) is 4.73. The number of ketones is 1. The second-order valence-electron chi connectivity index (χ2n) is 6.62. The molecule has 0 amide bonds. The van der Waals surface area contributed by atoms with Gasteiger partial charge < -0.3 is 5.11 Å². The number of benzene rings is 3. The second kappa shape index (κ2) is 9.12. The fourth-order valence-electron chi connectivity index (χ4n) is 3.25. The van der Waals surface area contributed by atoms with E-state index in [1.54, 1.807) is 0 Å². The molecule has 0 fully saturated rings. The van der Waals surface area contributed by atoms with Crippen molar-refractivity contribution in [2.75, 3.05) is 0 Å². The van der Waals surface area contributed by atoms with E-state index in [0.29, 0.717) is 18.4 Å². The maximum absolute atomic E-state index is 13.0. The number of aliphatic hydroxyl groups is 1. The van der Waals surface area contributed by atoms with Crippen molar-refractivity contribution in [3.63, 3.8) is 0 Å². The van der Waals surface area contributed by atoms with Crippen molar-refractivity contribution in [3.8, 4) is 0 Å². The molecule has 0 spiro atoms. The Morgan fingerprint density at radius 1 is 0.731 bits per heavy atom. The predicted octanol–water partition coefficient (Wildman–Crippen LogP) is 4.72. The lowest BCUT2D eigenvalue weighted by molar-refractivity contribution is 0.0652. The van der Waals surface area contributed by atoms with Crippen LogP contribution in [0, 0.1) is 5.92 Å². The number of hydrogen-bond acceptors (Lipinski definition) is 2. The Labute approximate surface area is 155 Å². The summed E-state index contributed by atoms with van der Waals surface area (Å²) in [5, 5.41) is 10.8. The van der Waals surface area contributed by atoms with Gasteiger partial charge in [0.1, 0.15) is 0 Å². The van der Waals surface area contributed by atoms with E-state index in [9.17, 15) is 9.90 Å². The fourth-order valence-corrected chi connectivity index (χ4v) is 3.25. The molecule has 2 heteroatoms. The summed E-state index contributed by atoms with van der Waals surface area (Å²) in [5.74, 6) is -0.432. The molecule has 132 valence electrons. The molecule has 0 bridgehead atoms. The van der Waals surface area contributed by atoms with Crippen LogP contribution in [0.2, 0.25) is 0 Å². The largest absolute Gasteiger partial charge is 0.392 e. The van der Waals surface area contributed by atoms with E-state index in [4.69, 9.17) is 0 Å².